The van der Waals surface area contributed by atoms with E-state index in [9.17, 15) is 30.0 Å². The molecular formula is C83H93N7O16S2. The largest absolute Gasteiger partial charge is 0.504 e. The van der Waals surface area contributed by atoms with E-state index in [0.717, 1.165) is 123 Å². The highest BCUT2D eigenvalue weighted by molar-refractivity contribution is 7.99. The summed E-state index contributed by atoms with van der Waals surface area (Å²) in [7, 11) is 3.20. The standard InChI is InChI=1S/C42H48N4O8S.C41H45N3O8S/c1-6-45-27-14-22-13-19(2)35(50-5)34(47)30(22)32(45)33-38-29-20(3)21(4)36-37(53-18-52-36)31(29)26(46(33)40(27)48)11-12-51-41(49)42(17-55-38)39-25(15-23(16-43)44-42)24-9-7-8-10-28(24)54-39;1-6-43-26-16-22-15-19(2)34(48-5)33(45)29(22)31(43)32-37-28-20(3)21(4)35-36(51-18-50-35)30(28)25(44(32)39(26)46)12-14-49-40(47)41(17-53-37)38-24(11-13-42-41)23-9-7-8-10-27(23)52-38/h7-10,13,23,26-27,32-33,38,40,44,47-48H,6,11-12,14-18,43H2,1-5H3;7-10,15,25-26,31-32,37,39,42,45-46H,6,11-14,16-18H2,1-5H3/t23-,26+,27+,32-,33-,38-,40+,42-;25-,26-,31+,32+,37+,39-,41+/m10/s1. The number of benzene rings is 6. The molecule has 4 saturated heterocycles. The van der Waals surface area contributed by atoms with E-state index in [4.69, 9.17) is 52.5 Å². The van der Waals surface area contributed by atoms with Crippen LogP contribution in [0.5, 0.6) is 46.0 Å². The molecule has 22 rings (SSSR count). The van der Waals surface area contributed by atoms with Crippen LogP contribution in [0.15, 0.2) is 69.5 Å². The molecule has 0 saturated carbocycles. The Labute approximate surface area is 634 Å². The summed E-state index contributed by atoms with van der Waals surface area (Å²) in [5.74, 6) is 5.12. The normalized spacial score (nSPS) is 30.7. The fourth-order valence-electron chi connectivity index (χ4n) is 21.8. The van der Waals surface area contributed by atoms with Gasteiger partial charge in [-0.3, -0.25) is 30.2 Å². The number of nitrogens with zero attached hydrogens (tertiary/aromatic N) is 4. The van der Waals surface area contributed by atoms with Crippen molar-refractivity contribution in [1.29, 1.82) is 0 Å². The van der Waals surface area contributed by atoms with Gasteiger partial charge in [-0.1, -0.05) is 62.4 Å². The zero-order chi connectivity index (χ0) is 74.6. The smallest absolute Gasteiger partial charge is 0.335 e. The van der Waals surface area contributed by atoms with Crippen LogP contribution in [0.1, 0.15) is 162 Å². The summed E-state index contributed by atoms with van der Waals surface area (Å²) < 4.78 is 62.5. The number of carbonyl (C=O) groups is 2. The van der Waals surface area contributed by atoms with Gasteiger partial charge in [0.1, 0.15) is 35.1 Å². The number of hydrogen-bond acceptors (Lipinski definition) is 25. The van der Waals surface area contributed by atoms with Crippen molar-refractivity contribution in [3.05, 3.63) is 161 Å². The summed E-state index contributed by atoms with van der Waals surface area (Å²) in [5, 5.41) is 58.5. The number of thioether (sulfide) groups is 2. The van der Waals surface area contributed by atoms with Gasteiger partial charge in [-0.05, 0) is 148 Å². The number of nitrogens with one attached hydrogen (secondary N) is 2. The van der Waals surface area contributed by atoms with Crippen molar-refractivity contribution >= 4 is 57.4 Å². The Morgan fingerprint density at radius 3 is 1.51 bits per heavy atom. The van der Waals surface area contributed by atoms with E-state index in [-0.39, 0.29) is 115 Å². The molecule has 0 amide bonds. The highest BCUT2D eigenvalue weighted by Crippen LogP contribution is 2.67. The third kappa shape index (κ3) is 9.74. The second-order valence-corrected chi connectivity index (χ2v) is 33.6. The van der Waals surface area contributed by atoms with Crippen molar-refractivity contribution in [2.45, 2.75) is 182 Å². The van der Waals surface area contributed by atoms with Crippen LogP contribution in [-0.4, -0.2) is 173 Å². The number of likely N-dealkylation sites (N-methyl/N-ethyl adjacent to an activating group) is 2. The highest BCUT2D eigenvalue weighted by Gasteiger charge is 2.64. The topological polar surface area (TPSA) is 278 Å². The summed E-state index contributed by atoms with van der Waals surface area (Å²) in [4.78, 5) is 38.7. The zero-order valence-corrected chi connectivity index (χ0v) is 64.1. The monoisotopic (exact) mass is 1510 g/mol. The number of esters is 2. The maximum Gasteiger partial charge on any atom is 0.335 e. The van der Waals surface area contributed by atoms with Crippen molar-refractivity contribution in [2.24, 2.45) is 5.73 Å². The molecule has 25 heteroatoms. The molecule has 15 atom stereocenters. The van der Waals surface area contributed by atoms with Crippen LogP contribution >= 0.6 is 23.5 Å². The van der Waals surface area contributed by atoms with Crippen molar-refractivity contribution in [2.75, 3.05) is 78.7 Å². The molecule has 8 bridgehead atoms. The average molecular weight is 1510 g/mol. The van der Waals surface area contributed by atoms with Gasteiger partial charge >= 0.3 is 11.9 Å². The van der Waals surface area contributed by atoms with Crippen molar-refractivity contribution < 1.29 is 76.7 Å². The summed E-state index contributed by atoms with van der Waals surface area (Å²) in [6.07, 6.45) is 1.57. The molecule has 0 radical (unpaired) electrons. The third-order valence-electron chi connectivity index (χ3n) is 26.5. The van der Waals surface area contributed by atoms with E-state index in [1.54, 1.807) is 37.7 Å². The number of hydrogen-bond donors (Lipinski definition) is 7. The molecule has 2 aromatic heterocycles. The first kappa shape index (κ1) is 70.5. The van der Waals surface area contributed by atoms with E-state index in [0.29, 0.717) is 104 Å². The number of ether oxygens (including phenoxy) is 8. The van der Waals surface area contributed by atoms with Gasteiger partial charge in [0.05, 0.1) is 51.6 Å². The second-order valence-electron chi connectivity index (χ2n) is 31.3. The summed E-state index contributed by atoms with van der Waals surface area (Å²) in [6.45, 7) is 19.3. The first-order valence-corrected chi connectivity index (χ1v) is 40.3. The number of aryl methyl sites for hydroxylation is 2. The Kier molecular flexibility index (Phi) is 17.0. The number of para-hydroxylation sites is 2. The molecular weight excluding hydrogens is 1420 g/mol. The number of rotatable bonds is 5. The molecule has 23 nitrogen and oxygen atoms in total. The van der Waals surface area contributed by atoms with Gasteiger partial charge in [-0.15, -0.1) is 23.5 Å². The van der Waals surface area contributed by atoms with Crippen molar-refractivity contribution in [3.8, 4) is 46.0 Å². The molecule has 108 heavy (non-hydrogen) atoms. The Hall–Kier alpha value is -7.92. The second kappa shape index (κ2) is 26.1. The first-order chi connectivity index (χ1) is 52.3. The number of piperazine rings is 2. The van der Waals surface area contributed by atoms with E-state index in [2.05, 4.69) is 90.0 Å². The van der Waals surface area contributed by atoms with Crippen LogP contribution in [0.2, 0.25) is 0 Å². The first-order valence-electron chi connectivity index (χ1n) is 38.2. The number of methoxy groups -OCH3 is 2. The molecule has 8 aromatic rings. The van der Waals surface area contributed by atoms with Crippen LogP contribution in [0.4, 0.5) is 0 Å². The van der Waals surface area contributed by atoms with Gasteiger partial charge < -0.3 is 72.9 Å². The molecule has 16 heterocycles. The Morgan fingerprint density at radius 1 is 0.574 bits per heavy atom. The van der Waals surface area contributed by atoms with Crippen LogP contribution in [0.3, 0.4) is 0 Å². The van der Waals surface area contributed by atoms with Gasteiger partial charge in [0, 0.05) is 122 Å². The van der Waals surface area contributed by atoms with Gasteiger partial charge in [0.15, 0.2) is 57.1 Å². The third-order valence-corrected chi connectivity index (χ3v) is 29.4. The molecule has 0 aliphatic carbocycles. The van der Waals surface area contributed by atoms with Crippen LogP contribution in [0.25, 0.3) is 21.9 Å². The number of carbonyl (C=O) groups excluding carboxylic acids is 2. The number of aromatic hydroxyl groups is 2. The molecule has 568 valence electrons. The predicted molar refractivity (Wildman–Crippen MR) is 406 cm³/mol. The number of phenols is 2. The van der Waals surface area contributed by atoms with Crippen molar-refractivity contribution in [1.82, 2.24) is 30.2 Å². The fraction of sp³-hybridized carbons (Fsp3) is 0.494. The number of aliphatic hydroxyl groups is 2. The van der Waals surface area contributed by atoms with E-state index in [1.807, 2.05) is 56.3 Å². The minimum Gasteiger partial charge on any atom is -0.504 e. The Balaban J connectivity index is 0.000000147. The number of phenolic OH excluding ortho intramolecular Hbond substituents is 2. The number of furan rings is 2. The highest BCUT2D eigenvalue weighted by atomic mass is 32.2. The maximum atomic E-state index is 14.8. The zero-order valence-electron chi connectivity index (χ0n) is 62.5. The lowest BCUT2D eigenvalue weighted by Crippen LogP contribution is -2.70. The molecule has 0 unspecified atom stereocenters. The lowest BCUT2D eigenvalue weighted by Gasteiger charge is -2.62. The Bertz CT molecular complexity index is 5080. The van der Waals surface area contributed by atoms with E-state index < -0.39 is 29.5 Å². The molecule has 14 aliphatic rings. The molecule has 6 aromatic carbocycles. The number of nitrogens with two attached hydrogens (primary N) is 1. The fourth-order valence-corrected chi connectivity index (χ4v) is 25.2. The predicted octanol–water partition coefficient (Wildman–Crippen LogP) is 10.5. The summed E-state index contributed by atoms with van der Waals surface area (Å²) in [6, 6.07) is 17.4. The molecule has 14 aliphatic heterocycles. The van der Waals surface area contributed by atoms with E-state index >= 15 is 0 Å². The Morgan fingerprint density at radius 2 is 1.03 bits per heavy atom. The van der Waals surface area contributed by atoms with Gasteiger partial charge in [-0.2, -0.15) is 0 Å². The lowest BCUT2D eigenvalue weighted by molar-refractivity contribution is -0.182. The molecule has 8 N–H and O–H groups in total. The number of fused-ring (bicyclic) bond motifs is 24. The summed E-state index contributed by atoms with van der Waals surface area (Å²) >= 11 is 3.35. The van der Waals surface area contributed by atoms with Crippen LogP contribution in [-0.2, 0) is 55.8 Å². The average Bonchev–Trinajstić information content (AvgIpc) is 0.854. The van der Waals surface area contributed by atoms with Crippen LogP contribution in [0, 0.1) is 41.5 Å². The maximum absolute atomic E-state index is 14.8. The van der Waals surface area contributed by atoms with Crippen LogP contribution < -0.4 is 44.8 Å². The lowest BCUT2D eigenvalue weighted by atomic mass is 9.71. The SMILES string of the molecule is CCN1[C@@H]2c3c(cc(C)c(OC)c3O)C[C@H]1[C@H](O)N1[C@H]2[C@@H]2SC[C@]3(NCCc4c3oc3ccccc43)C(=O)OCC[C@H]1c1c3c(c(C)c(C)c12)OCO3.CCN1[C@@H]2c3c(cc(C)c(OC)c3O)C[C@H]1[C@H](O)N1[C@H]2[C@@H]2SC[C@]3(N[C@@H](CN)Cc4c3oc3ccccc43)C(=O)OCC[C@H]1c1c3c(c(C)c(C)c12)OCO3. The molecule has 4 fully saturated rings. The van der Waals surface area contributed by atoms with E-state index in [1.165, 1.54) is 0 Å². The quantitative estimate of drug-likeness (QED) is 0.0789. The van der Waals surface area contributed by atoms with Gasteiger partial charge in [-0.25, -0.2) is 9.59 Å². The number of aliphatic hydroxyl groups excluding tert-OH is 2. The minimum atomic E-state index is -1.35. The van der Waals surface area contributed by atoms with Crippen molar-refractivity contribution in [3.63, 3.8) is 0 Å². The molecule has 2 spiro atoms. The summed E-state index contributed by atoms with van der Waals surface area (Å²) in [5.41, 5.74) is 21.2. The van der Waals surface area contributed by atoms with Gasteiger partial charge in [0.25, 0.3) is 0 Å². The van der Waals surface area contributed by atoms with Gasteiger partial charge in [0.2, 0.25) is 13.6 Å². The minimum absolute atomic E-state index is 0.0880.